The standard InChI is InChI=1S/C18H24N2O/c1-4-11-19-13-16-15-9-7-8-10-17(15)21-18(16)14-20(6-3)12-5-2/h2,7-10,19H,4,6,11-14H2,1,3H3. The van der Waals surface area contributed by atoms with Crippen molar-refractivity contribution < 1.29 is 4.42 Å². The first-order chi connectivity index (χ1) is 10.3. The summed E-state index contributed by atoms with van der Waals surface area (Å²) >= 11 is 0. The molecule has 0 aliphatic rings. The lowest BCUT2D eigenvalue weighted by Gasteiger charge is -2.16. The van der Waals surface area contributed by atoms with Gasteiger partial charge in [-0.05, 0) is 25.6 Å². The van der Waals surface area contributed by atoms with Gasteiger partial charge in [0.15, 0.2) is 0 Å². The van der Waals surface area contributed by atoms with E-state index in [0.29, 0.717) is 6.54 Å². The van der Waals surface area contributed by atoms with Crippen LogP contribution >= 0.6 is 0 Å². The lowest BCUT2D eigenvalue weighted by atomic mass is 10.1. The van der Waals surface area contributed by atoms with Crippen molar-refractivity contribution in [1.29, 1.82) is 0 Å². The fraction of sp³-hybridized carbons (Fsp3) is 0.444. The molecule has 0 unspecified atom stereocenters. The van der Waals surface area contributed by atoms with Gasteiger partial charge in [0.1, 0.15) is 11.3 Å². The first-order valence-corrected chi connectivity index (χ1v) is 7.65. The maximum Gasteiger partial charge on any atom is 0.134 e. The van der Waals surface area contributed by atoms with E-state index in [-0.39, 0.29) is 0 Å². The van der Waals surface area contributed by atoms with E-state index >= 15 is 0 Å². The van der Waals surface area contributed by atoms with Gasteiger partial charge < -0.3 is 9.73 Å². The molecule has 2 aromatic rings. The second-order valence-electron chi connectivity index (χ2n) is 5.18. The molecule has 0 aliphatic heterocycles. The molecule has 2 rings (SSSR count). The molecule has 0 saturated carbocycles. The Morgan fingerprint density at radius 2 is 2.10 bits per heavy atom. The molecule has 0 fully saturated rings. The summed E-state index contributed by atoms with van der Waals surface area (Å²) in [5, 5.41) is 4.68. The Kier molecular flexibility index (Phi) is 5.86. The van der Waals surface area contributed by atoms with Crippen LogP contribution < -0.4 is 5.32 Å². The predicted molar refractivity (Wildman–Crippen MR) is 88.0 cm³/mol. The number of nitrogens with one attached hydrogen (secondary N) is 1. The SMILES string of the molecule is C#CCN(CC)Cc1oc2ccccc2c1CNCCC. The van der Waals surface area contributed by atoms with Crippen LogP contribution in [-0.4, -0.2) is 24.5 Å². The predicted octanol–water partition coefficient (Wildman–Crippen LogP) is 3.39. The zero-order chi connectivity index (χ0) is 15.1. The van der Waals surface area contributed by atoms with E-state index < -0.39 is 0 Å². The largest absolute Gasteiger partial charge is 0.459 e. The van der Waals surface area contributed by atoms with Crippen molar-refractivity contribution in [2.45, 2.75) is 33.4 Å². The normalized spacial score (nSPS) is 11.1. The molecule has 0 spiro atoms. The molecular formula is C18H24N2O. The molecule has 3 nitrogen and oxygen atoms in total. The van der Waals surface area contributed by atoms with E-state index in [9.17, 15) is 0 Å². The maximum absolute atomic E-state index is 6.06. The molecule has 0 bridgehead atoms. The molecule has 0 aliphatic carbocycles. The number of para-hydroxylation sites is 1. The van der Waals surface area contributed by atoms with Crippen molar-refractivity contribution in [2.75, 3.05) is 19.6 Å². The molecule has 1 aromatic heterocycles. The van der Waals surface area contributed by atoms with E-state index in [0.717, 1.165) is 43.9 Å². The minimum atomic E-state index is 0.648. The smallest absolute Gasteiger partial charge is 0.134 e. The van der Waals surface area contributed by atoms with Crippen molar-refractivity contribution in [3.8, 4) is 12.3 Å². The lowest BCUT2D eigenvalue weighted by Crippen LogP contribution is -2.24. The van der Waals surface area contributed by atoms with Crippen molar-refractivity contribution in [2.24, 2.45) is 0 Å². The quantitative estimate of drug-likeness (QED) is 0.595. The van der Waals surface area contributed by atoms with Crippen LogP contribution in [0, 0.1) is 12.3 Å². The fourth-order valence-electron chi connectivity index (χ4n) is 2.47. The number of nitrogens with zero attached hydrogens (tertiary/aromatic N) is 1. The van der Waals surface area contributed by atoms with Crippen LogP contribution in [0.1, 0.15) is 31.6 Å². The number of furan rings is 1. The summed E-state index contributed by atoms with van der Waals surface area (Å²) in [5.74, 6) is 3.74. The maximum atomic E-state index is 6.06. The minimum absolute atomic E-state index is 0.648. The van der Waals surface area contributed by atoms with E-state index in [1.165, 1.54) is 10.9 Å². The van der Waals surface area contributed by atoms with Gasteiger partial charge in [-0.1, -0.05) is 38.0 Å². The molecule has 0 amide bonds. The van der Waals surface area contributed by atoms with Crippen LogP contribution in [0.5, 0.6) is 0 Å². The monoisotopic (exact) mass is 284 g/mol. The van der Waals surface area contributed by atoms with Crippen molar-refractivity contribution in [3.63, 3.8) is 0 Å². The van der Waals surface area contributed by atoms with Gasteiger partial charge in [0.25, 0.3) is 0 Å². The molecule has 0 saturated heterocycles. The van der Waals surface area contributed by atoms with Crippen molar-refractivity contribution >= 4 is 11.0 Å². The molecular weight excluding hydrogens is 260 g/mol. The second kappa shape index (κ2) is 7.87. The number of hydrogen-bond acceptors (Lipinski definition) is 3. The first-order valence-electron chi connectivity index (χ1n) is 7.65. The number of fused-ring (bicyclic) bond motifs is 1. The van der Waals surface area contributed by atoms with Crippen LogP contribution in [0.4, 0.5) is 0 Å². The first kappa shape index (κ1) is 15.6. The molecule has 3 heteroatoms. The van der Waals surface area contributed by atoms with Gasteiger partial charge >= 0.3 is 0 Å². The highest BCUT2D eigenvalue weighted by Crippen LogP contribution is 2.26. The van der Waals surface area contributed by atoms with E-state index in [2.05, 4.69) is 42.1 Å². The van der Waals surface area contributed by atoms with E-state index in [1.54, 1.807) is 0 Å². The zero-order valence-corrected chi connectivity index (χ0v) is 13.0. The summed E-state index contributed by atoms with van der Waals surface area (Å²) in [5.41, 5.74) is 2.21. The van der Waals surface area contributed by atoms with Crippen LogP contribution in [0.15, 0.2) is 28.7 Å². The number of hydrogen-bond donors (Lipinski definition) is 1. The summed E-state index contributed by atoms with van der Waals surface area (Å²) in [6, 6.07) is 8.23. The van der Waals surface area contributed by atoms with Gasteiger partial charge in [0.05, 0.1) is 13.1 Å². The van der Waals surface area contributed by atoms with Gasteiger partial charge in [-0.2, -0.15) is 0 Å². The van der Waals surface area contributed by atoms with Gasteiger partial charge in [0, 0.05) is 17.5 Å². The number of terminal acetylenes is 1. The summed E-state index contributed by atoms with van der Waals surface area (Å²) in [6.45, 7) is 8.48. The van der Waals surface area contributed by atoms with E-state index in [1.807, 2.05) is 12.1 Å². The highest BCUT2D eigenvalue weighted by molar-refractivity contribution is 5.82. The Labute approximate surface area is 127 Å². The molecule has 1 heterocycles. The van der Waals surface area contributed by atoms with Crippen LogP contribution in [0.25, 0.3) is 11.0 Å². The fourth-order valence-corrected chi connectivity index (χ4v) is 2.47. The Morgan fingerprint density at radius 3 is 2.81 bits per heavy atom. The summed E-state index contributed by atoms with van der Waals surface area (Å²) in [4.78, 5) is 2.21. The molecule has 21 heavy (non-hydrogen) atoms. The van der Waals surface area contributed by atoms with Gasteiger partial charge in [0.2, 0.25) is 0 Å². The number of benzene rings is 1. The Hall–Kier alpha value is -1.76. The molecule has 0 atom stereocenters. The topological polar surface area (TPSA) is 28.4 Å². The molecule has 0 radical (unpaired) electrons. The molecule has 112 valence electrons. The molecule has 1 N–H and O–H groups in total. The average molecular weight is 284 g/mol. The van der Waals surface area contributed by atoms with Crippen LogP contribution in [0.3, 0.4) is 0 Å². The van der Waals surface area contributed by atoms with Gasteiger partial charge in [-0.15, -0.1) is 6.42 Å². The summed E-state index contributed by atoms with van der Waals surface area (Å²) in [6.07, 6.45) is 6.56. The minimum Gasteiger partial charge on any atom is -0.459 e. The number of rotatable bonds is 8. The summed E-state index contributed by atoms with van der Waals surface area (Å²) < 4.78 is 6.06. The van der Waals surface area contributed by atoms with Crippen LogP contribution in [-0.2, 0) is 13.1 Å². The van der Waals surface area contributed by atoms with Crippen LogP contribution in [0.2, 0.25) is 0 Å². The van der Waals surface area contributed by atoms with Crippen molar-refractivity contribution in [3.05, 3.63) is 35.6 Å². The van der Waals surface area contributed by atoms with E-state index in [4.69, 9.17) is 10.8 Å². The van der Waals surface area contributed by atoms with Gasteiger partial charge in [-0.3, -0.25) is 4.90 Å². The highest BCUT2D eigenvalue weighted by atomic mass is 16.3. The molecule has 1 aromatic carbocycles. The summed E-state index contributed by atoms with van der Waals surface area (Å²) in [7, 11) is 0. The lowest BCUT2D eigenvalue weighted by molar-refractivity contribution is 0.287. The average Bonchev–Trinajstić information content (AvgIpc) is 2.85. The third-order valence-electron chi connectivity index (χ3n) is 3.64. The Morgan fingerprint density at radius 1 is 1.29 bits per heavy atom. The Balaban J connectivity index is 2.27. The second-order valence-corrected chi connectivity index (χ2v) is 5.18. The van der Waals surface area contributed by atoms with Crippen molar-refractivity contribution in [1.82, 2.24) is 10.2 Å². The Bertz CT molecular complexity index is 609. The zero-order valence-electron chi connectivity index (χ0n) is 13.0. The highest BCUT2D eigenvalue weighted by Gasteiger charge is 2.15. The third kappa shape index (κ3) is 3.87. The van der Waals surface area contributed by atoms with Gasteiger partial charge in [-0.25, -0.2) is 0 Å². The third-order valence-corrected chi connectivity index (χ3v) is 3.64.